The topological polar surface area (TPSA) is 164 Å². The molecule has 1 aromatic heterocycles. The van der Waals surface area contributed by atoms with Crippen molar-refractivity contribution in [1.82, 2.24) is 10.8 Å². The number of ether oxygens (including phenoxy) is 1. The first kappa shape index (κ1) is 25.5. The molecule has 0 aliphatic heterocycles. The van der Waals surface area contributed by atoms with Gasteiger partial charge in [-0.25, -0.2) is 0 Å². The first-order chi connectivity index (χ1) is 14.1. The maximum absolute atomic E-state index is 10.6. The third kappa shape index (κ3) is 7.71. The molecule has 0 aromatic carbocycles. The Balaban J connectivity index is 2.42. The molecule has 1 aromatic rings. The molecule has 4 N–H and O–H groups in total. The smallest absolute Gasteiger partial charge is 0.411 e. The van der Waals surface area contributed by atoms with Crippen molar-refractivity contribution in [3.05, 3.63) is 28.0 Å². The van der Waals surface area contributed by atoms with Gasteiger partial charge >= 0.3 is 5.88 Å². The lowest BCUT2D eigenvalue weighted by Crippen LogP contribution is -2.51. The molecule has 1 rings (SSSR count). The van der Waals surface area contributed by atoms with Gasteiger partial charge in [0, 0.05) is 6.54 Å². The maximum atomic E-state index is 10.6. The van der Waals surface area contributed by atoms with E-state index in [1.807, 2.05) is 20.8 Å². The number of nitro groups is 1. The summed E-state index contributed by atoms with van der Waals surface area (Å²) in [7, 11) is 0. The van der Waals surface area contributed by atoms with Gasteiger partial charge in [0.25, 0.3) is 0 Å². The zero-order valence-corrected chi connectivity index (χ0v) is 18.0. The second kappa shape index (κ2) is 11.6. The Kier molecular flexibility index (Phi) is 9.85. The van der Waals surface area contributed by atoms with Crippen LogP contribution in [-0.2, 0) is 16.2 Å². The summed E-state index contributed by atoms with van der Waals surface area (Å²) >= 11 is 0. The number of hydroxylamine groups is 1. The fourth-order valence-electron chi connectivity index (χ4n) is 2.57. The molecule has 0 bridgehead atoms. The Labute approximate surface area is 175 Å². The molecule has 170 valence electrons. The van der Waals surface area contributed by atoms with Crippen LogP contribution in [0.1, 0.15) is 46.8 Å². The highest BCUT2D eigenvalue weighted by Crippen LogP contribution is 2.16. The second-order valence-electron chi connectivity index (χ2n) is 7.56. The van der Waals surface area contributed by atoms with Crippen LogP contribution in [0.5, 0.6) is 0 Å². The van der Waals surface area contributed by atoms with Crippen LogP contribution in [0.4, 0.5) is 5.88 Å². The molecule has 0 radical (unpaired) electrons. The van der Waals surface area contributed by atoms with Crippen LogP contribution < -0.4 is 10.8 Å². The van der Waals surface area contributed by atoms with E-state index in [0.717, 1.165) is 0 Å². The summed E-state index contributed by atoms with van der Waals surface area (Å²) < 4.78 is 10.4. The van der Waals surface area contributed by atoms with E-state index in [2.05, 4.69) is 21.1 Å². The lowest BCUT2D eigenvalue weighted by molar-refractivity contribution is -0.402. The third-order valence-corrected chi connectivity index (χ3v) is 4.43. The van der Waals surface area contributed by atoms with Crippen molar-refractivity contribution in [2.45, 2.75) is 58.7 Å². The van der Waals surface area contributed by atoms with Crippen molar-refractivity contribution in [3.63, 3.8) is 0 Å². The predicted molar refractivity (Wildman–Crippen MR) is 109 cm³/mol. The van der Waals surface area contributed by atoms with Crippen LogP contribution in [0.25, 0.3) is 0 Å². The van der Waals surface area contributed by atoms with Gasteiger partial charge in [-0.2, -0.15) is 5.48 Å². The van der Waals surface area contributed by atoms with Gasteiger partial charge in [0.15, 0.2) is 0 Å². The van der Waals surface area contributed by atoms with Crippen molar-refractivity contribution in [2.75, 3.05) is 19.8 Å². The molecule has 12 heteroatoms. The van der Waals surface area contributed by atoms with Gasteiger partial charge in [-0.05, 0) is 40.2 Å². The van der Waals surface area contributed by atoms with Crippen molar-refractivity contribution in [1.29, 1.82) is 0 Å². The highest BCUT2D eigenvalue weighted by Gasteiger charge is 2.27. The molecule has 0 saturated heterocycles. The van der Waals surface area contributed by atoms with E-state index in [0.29, 0.717) is 25.3 Å². The average molecular weight is 429 g/mol. The van der Waals surface area contributed by atoms with E-state index in [1.54, 1.807) is 13.8 Å². The van der Waals surface area contributed by atoms with Crippen molar-refractivity contribution >= 4 is 17.3 Å². The fourth-order valence-corrected chi connectivity index (χ4v) is 2.57. The monoisotopic (exact) mass is 429 g/mol. The Bertz CT molecular complexity index is 743. The summed E-state index contributed by atoms with van der Waals surface area (Å²) in [6, 6.07) is 2.69. The molecule has 0 spiro atoms. The SMILES string of the molecule is CCC(=NO)C(C)(C)NCCONC(C)(C)C(COCc1ccc([N+](=O)[O-])o1)=NO. The molecule has 0 unspecified atom stereocenters. The van der Waals surface area contributed by atoms with Crippen molar-refractivity contribution in [2.24, 2.45) is 10.3 Å². The molecule has 0 amide bonds. The third-order valence-electron chi connectivity index (χ3n) is 4.43. The highest BCUT2D eigenvalue weighted by atomic mass is 16.7. The maximum Gasteiger partial charge on any atom is 0.433 e. The van der Waals surface area contributed by atoms with E-state index in [-0.39, 0.29) is 30.6 Å². The second-order valence-corrected chi connectivity index (χ2v) is 7.56. The van der Waals surface area contributed by atoms with Crippen LogP contribution in [0.15, 0.2) is 26.9 Å². The highest BCUT2D eigenvalue weighted by molar-refractivity contribution is 5.93. The quantitative estimate of drug-likeness (QED) is 0.114. The Morgan fingerprint density at radius 3 is 2.40 bits per heavy atom. The van der Waals surface area contributed by atoms with Crippen LogP contribution in [0.3, 0.4) is 0 Å². The summed E-state index contributed by atoms with van der Waals surface area (Å²) in [5.41, 5.74) is 2.38. The minimum atomic E-state index is -0.847. The first-order valence-electron chi connectivity index (χ1n) is 9.45. The number of nitrogens with zero attached hydrogens (tertiary/aromatic N) is 3. The molecule has 12 nitrogen and oxygen atoms in total. The van der Waals surface area contributed by atoms with Gasteiger partial charge in [-0.3, -0.25) is 15.0 Å². The minimum Gasteiger partial charge on any atom is -0.411 e. The van der Waals surface area contributed by atoms with Gasteiger partial charge in [0.05, 0.1) is 36.1 Å². The number of nitrogens with one attached hydrogen (secondary N) is 2. The summed E-state index contributed by atoms with van der Waals surface area (Å²) in [5.74, 6) is -0.0827. The lowest BCUT2D eigenvalue weighted by atomic mass is 9.96. The van der Waals surface area contributed by atoms with Gasteiger partial charge < -0.3 is 24.9 Å². The fraction of sp³-hybridized carbons (Fsp3) is 0.667. The number of oxime groups is 2. The standard InChI is InChI=1S/C18H31N5O7/c1-6-14(20-24)17(2,3)19-9-10-29-22-18(4,5)15(21-25)12-28-11-13-7-8-16(30-13)23(26)27/h7-8,19,22,24-25H,6,9-12H2,1-5H3. The normalized spacial score (nSPS) is 13.6. The first-order valence-corrected chi connectivity index (χ1v) is 9.45. The number of rotatable bonds is 14. The zero-order valence-electron chi connectivity index (χ0n) is 18.0. The van der Waals surface area contributed by atoms with Gasteiger partial charge in [-0.1, -0.05) is 17.2 Å². The van der Waals surface area contributed by atoms with E-state index in [9.17, 15) is 15.3 Å². The Morgan fingerprint density at radius 2 is 1.87 bits per heavy atom. The van der Waals surface area contributed by atoms with Crippen LogP contribution >= 0.6 is 0 Å². The summed E-state index contributed by atoms with van der Waals surface area (Å²) in [6.07, 6.45) is 0.615. The average Bonchev–Trinajstić information content (AvgIpc) is 3.14. The van der Waals surface area contributed by atoms with Gasteiger partial charge in [0.2, 0.25) is 0 Å². The van der Waals surface area contributed by atoms with Gasteiger partial charge in [-0.15, -0.1) is 0 Å². The molecule has 0 atom stereocenters. The molecule has 30 heavy (non-hydrogen) atoms. The lowest BCUT2D eigenvalue weighted by Gasteiger charge is -2.28. The largest absolute Gasteiger partial charge is 0.433 e. The molecular weight excluding hydrogens is 398 g/mol. The molecule has 0 aliphatic rings. The summed E-state index contributed by atoms with van der Waals surface area (Å²) in [4.78, 5) is 15.4. The molecule has 0 aliphatic carbocycles. The molecule has 0 fully saturated rings. The van der Waals surface area contributed by atoms with Crippen LogP contribution in [-0.4, -0.2) is 57.6 Å². The van der Waals surface area contributed by atoms with E-state index >= 15 is 0 Å². The predicted octanol–water partition coefficient (Wildman–Crippen LogP) is 2.44. The van der Waals surface area contributed by atoms with Crippen molar-refractivity contribution < 1.29 is 29.3 Å². The van der Waals surface area contributed by atoms with Gasteiger partial charge in [0.1, 0.15) is 23.0 Å². The van der Waals surface area contributed by atoms with Crippen LogP contribution in [0, 0.1) is 10.1 Å². The zero-order chi connectivity index (χ0) is 22.8. The summed E-state index contributed by atoms with van der Waals surface area (Å²) in [5, 5.41) is 38.8. The minimum absolute atomic E-state index is 0.0189. The van der Waals surface area contributed by atoms with E-state index in [4.69, 9.17) is 19.2 Å². The molecule has 0 saturated carbocycles. The number of hydrogen-bond donors (Lipinski definition) is 4. The number of furan rings is 1. The van der Waals surface area contributed by atoms with Crippen molar-refractivity contribution in [3.8, 4) is 0 Å². The molecular formula is C18H31N5O7. The van der Waals surface area contributed by atoms with E-state index < -0.39 is 16.0 Å². The Hall–Kier alpha value is -2.54. The molecule has 1 heterocycles. The summed E-state index contributed by atoms with van der Waals surface area (Å²) in [6.45, 7) is 9.92. The van der Waals surface area contributed by atoms with Crippen LogP contribution in [0.2, 0.25) is 0 Å². The van der Waals surface area contributed by atoms with E-state index in [1.165, 1.54) is 12.1 Å². The number of hydrogen-bond acceptors (Lipinski definition) is 11. The Morgan fingerprint density at radius 1 is 1.20 bits per heavy atom.